The van der Waals surface area contributed by atoms with Gasteiger partial charge in [0.25, 0.3) is 0 Å². The van der Waals surface area contributed by atoms with Crippen LogP contribution in [0.15, 0.2) is 21.2 Å². The molecule has 0 spiro atoms. The van der Waals surface area contributed by atoms with Gasteiger partial charge in [0, 0.05) is 35.8 Å². The van der Waals surface area contributed by atoms with Crippen LogP contribution in [0.4, 0.5) is 5.82 Å². The fraction of sp³-hybridized carbons (Fsp3) is 0.545. The van der Waals surface area contributed by atoms with Crippen LogP contribution in [0.25, 0.3) is 0 Å². The first kappa shape index (κ1) is 12.3. The van der Waals surface area contributed by atoms with Gasteiger partial charge < -0.3 is 10.2 Å². The average molecular weight is 349 g/mol. The summed E-state index contributed by atoms with van der Waals surface area (Å²) in [6.45, 7) is 7.39. The van der Waals surface area contributed by atoms with Crippen molar-refractivity contribution in [3.05, 3.63) is 21.2 Å². The lowest BCUT2D eigenvalue weighted by Gasteiger charge is -2.40. The second kappa shape index (κ2) is 4.63. The van der Waals surface area contributed by atoms with E-state index in [0.717, 1.165) is 34.4 Å². The number of nitrogens with one attached hydrogen (secondary N) is 1. The highest BCUT2D eigenvalue weighted by Crippen LogP contribution is 2.28. The van der Waals surface area contributed by atoms with Gasteiger partial charge in [0.15, 0.2) is 0 Å². The van der Waals surface area contributed by atoms with Crippen molar-refractivity contribution in [3.8, 4) is 0 Å². The summed E-state index contributed by atoms with van der Waals surface area (Å²) >= 11 is 6.98. The Kier molecular flexibility index (Phi) is 3.56. The first-order valence-electron chi connectivity index (χ1n) is 5.29. The van der Waals surface area contributed by atoms with Crippen molar-refractivity contribution in [2.75, 3.05) is 24.5 Å². The van der Waals surface area contributed by atoms with E-state index < -0.39 is 0 Å². The molecule has 1 aliphatic heterocycles. The molecule has 2 heterocycles. The van der Waals surface area contributed by atoms with Crippen molar-refractivity contribution in [3.63, 3.8) is 0 Å². The van der Waals surface area contributed by atoms with Gasteiger partial charge in [-0.25, -0.2) is 4.98 Å². The van der Waals surface area contributed by atoms with Crippen molar-refractivity contribution in [1.82, 2.24) is 10.3 Å². The molecule has 0 bridgehead atoms. The molecule has 1 N–H and O–H groups in total. The molecule has 0 saturated carbocycles. The monoisotopic (exact) mass is 347 g/mol. The molecule has 5 heteroatoms. The van der Waals surface area contributed by atoms with E-state index in [0.29, 0.717) is 0 Å². The standard InChI is InChI=1S/C11H15Br2N3/c1-11(2)7-16(4-3-15-11)10-9(13)5-8(12)6-14-10/h5-6,15H,3-4,7H2,1-2H3. The van der Waals surface area contributed by atoms with Crippen molar-refractivity contribution in [1.29, 1.82) is 0 Å². The van der Waals surface area contributed by atoms with Crippen LogP contribution < -0.4 is 10.2 Å². The average Bonchev–Trinajstić information content (AvgIpc) is 2.15. The Bertz CT molecular complexity index is 393. The maximum Gasteiger partial charge on any atom is 0.143 e. The number of nitrogens with zero attached hydrogens (tertiary/aromatic N) is 2. The van der Waals surface area contributed by atoms with Crippen molar-refractivity contribution < 1.29 is 0 Å². The zero-order valence-corrected chi connectivity index (χ0v) is 12.6. The number of halogens is 2. The molecular formula is C11H15Br2N3. The summed E-state index contributed by atoms with van der Waals surface area (Å²) in [7, 11) is 0. The molecule has 1 fully saturated rings. The van der Waals surface area contributed by atoms with E-state index in [9.17, 15) is 0 Å². The largest absolute Gasteiger partial charge is 0.353 e. The summed E-state index contributed by atoms with van der Waals surface area (Å²) in [6.07, 6.45) is 1.84. The summed E-state index contributed by atoms with van der Waals surface area (Å²) in [5, 5.41) is 3.49. The highest BCUT2D eigenvalue weighted by atomic mass is 79.9. The number of aromatic nitrogens is 1. The van der Waals surface area contributed by atoms with Gasteiger partial charge in [-0.2, -0.15) is 0 Å². The summed E-state index contributed by atoms with van der Waals surface area (Å²) in [5.41, 5.74) is 0.145. The molecule has 1 aromatic rings. The minimum absolute atomic E-state index is 0.145. The molecule has 3 nitrogen and oxygen atoms in total. The number of pyridine rings is 1. The Morgan fingerprint density at radius 1 is 1.44 bits per heavy atom. The van der Waals surface area contributed by atoms with Gasteiger partial charge in [0.1, 0.15) is 5.82 Å². The third kappa shape index (κ3) is 2.76. The first-order chi connectivity index (χ1) is 7.48. The summed E-state index contributed by atoms with van der Waals surface area (Å²) in [6, 6.07) is 2.04. The van der Waals surface area contributed by atoms with Crippen LogP contribution in [0.1, 0.15) is 13.8 Å². The van der Waals surface area contributed by atoms with Crippen LogP contribution in [0.5, 0.6) is 0 Å². The predicted molar refractivity (Wildman–Crippen MR) is 73.9 cm³/mol. The quantitative estimate of drug-likeness (QED) is 0.845. The van der Waals surface area contributed by atoms with Crippen molar-refractivity contribution in [2.45, 2.75) is 19.4 Å². The van der Waals surface area contributed by atoms with Gasteiger partial charge in [-0.15, -0.1) is 0 Å². The lowest BCUT2D eigenvalue weighted by molar-refractivity contribution is 0.351. The topological polar surface area (TPSA) is 28.2 Å². The molecule has 1 aliphatic rings. The van der Waals surface area contributed by atoms with E-state index in [1.165, 1.54) is 0 Å². The molecule has 0 aromatic carbocycles. The molecule has 0 atom stereocenters. The summed E-state index contributed by atoms with van der Waals surface area (Å²) in [5.74, 6) is 1.03. The second-order valence-electron chi connectivity index (χ2n) is 4.69. The normalized spacial score (nSPS) is 19.9. The summed E-state index contributed by atoms with van der Waals surface area (Å²) in [4.78, 5) is 6.78. The van der Waals surface area contributed by atoms with Gasteiger partial charge in [0.2, 0.25) is 0 Å². The minimum atomic E-state index is 0.145. The zero-order valence-electron chi connectivity index (χ0n) is 9.43. The van der Waals surface area contributed by atoms with Crippen LogP contribution >= 0.6 is 31.9 Å². The Morgan fingerprint density at radius 2 is 2.19 bits per heavy atom. The van der Waals surface area contributed by atoms with Gasteiger partial charge in [0.05, 0.1) is 4.47 Å². The van der Waals surface area contributed by atoms with E-state index >= 15 is 0 Å². The van der Waals surface area contributed by atoms with E-state index in [4.69, 9.17) is 0 Å². The zero-order chi connectivity index (χ0) is 11.8. The number of rotatable bonds is 1. The molecule has 0 aliphatic carbocycles. The van der Waals surface area contributed by atoms with E-state index in [2.05, 4.69) is 60.9 Å². The predicted octanol–water partition coefficient (Wildman–Crippen LogP) is 2.79. The second-order valence-corrected chi connectivity index (χ2v) is 6.46. The molecule has 16 heavy (non-hydrogen) atoms. The lowest BCUT2D eigenvalue weighted by atomic mass is 10.0. The molecule has 1 saturated heterocycles. The molecule has 0 amide bonds. The molecule has 1 aromatic heterocycles. The fourth-order valence-corrected chi connectivity index (χ4v) is 3.20. The number of anilines is 1. The third-order valence-corrected chi connectivity index (χ3v) is 3.68. The smallest absolute Gasteiger partial charge is 0.143 e. The van der Waals surface area contributed by atoms with Gasteiger partial charge in [-0.1, -0.05) is 0 Å². The van der Waals surface area contributed by atoms with Crippen LogP contribution in [-0.2, 0) is 0 Å². The third-order valence-electron chi connectivity index (χ3n) is 2.66. The summed E-state index contributed by atoms with van der Waals surface area (Å²) < 4.78 is 2.04. The van der Waals surface area contributed by atoms with E-state index in [1.54, 1.807) is 0 Å². The Balaban J connectivity index is 2.23. The van der Waals surface area contributed by atoms with Crippen LogP contribution in [0, 0.1) is 0 Å². The molecule has 0 unspecified atom stereocenters. The Labute approximate surface area is 113 Å². The van der Waals surface area contributed by atoms with Gasteiger partial charge >= 0.3 is 0 Å². The number of hydrogen-bond donors (Lipinski definition) is 1. The fourth-order valence-electron chi connectivity index (χ4n) is 1.96. The van der Waals surface area contributed by atoms with E-state index in [-0.39, 0.29) is 5.54 Å². The lowest BCUT2D eigenvalue weighted by Crippen LogP contribution is -2.57. The molecule has 0 radical (unpaired) electrons. The van der Waals surface area contributed by atoms with Gasteiger partial charge in [-0.3, -0.25) is 0 Å². The van der Waals surface area contributed by atoms with Crippen LogP contribution in [-0.4, -0.2) is 30.2 Å². The highest BCUT2D eigenvalue weighted by Gasteiger charge is 2.27. The van der Waals surface area contributed by atoms with Crippen LogP contribution in [0.2, 0.25) is 0 Å². The minimum Gasteiger partial charge on any atom is -0.353 e. The maximum absolute atomic E-state index is 4.47. The maximum atomic E-state index is 4.47. The Hall–Kier alpha value is -0.130. The molecule has 88 valence electrons. The molecule has 2 rings (SSSR count). The number of piperazine rings is 1. The van der Waals surface area contributed by atoms with Gasteiger partial charge in [-0.05, 0) is 51.8 Å². The first-order valence-corrected chi connectivity index (χ1v) is 6.87. The Morgan fingerprint density at radius 3 is 2.81 bits per heavy atom. The number of hydrogen-bond acceptors (Lipinski definition) is 3. The molecular weight excluding hydrogens is 334 g/mol. The van der Waals surface area contributed by atoms with Crippen molar-refractivity contribution >= 4 is 37.7 Å². The van der Waals surface area contributed by atoms with Crippen molar-refractivity contribution in [2.24, 2.45) is 0 Å². The SMILES string of the molecule is CC1(C)CN(c2ncc(Br)cc2Br)CCN1. The highest BCUT2D eigenvalue weighted by molar-refractivity contribution is 9.11. The van der Waals surface area contributed by atoms with Crippen LogP contribution in [0.3, 0.4) is 0 Å². The van der Waals surface area contributed by atoms with E-state index in [1.807, 2.05) is 12.3 Å².